The van der Waals surface area contributed by atoms with E-state index in [0.717, 1.165) is 4.31 Å². The molecule has 2 rings (SSSR count). The van der Waals surface area contributed by atoms with Crippen molar-refractivity contribution in [3.05, 3.63) is 23.8 Å². The minimum absolute atomic E-state index is 0.0423. The second-order valence-corrected chi connectivity index (χ2v) is 7.64. The zero-order valence-electron chi connectivity index (χ0n) is 12.6. The molecule has 1 aliphatic rings. The average Bonchev–Trinajstić information content (AvgIpc) is 2.47. The molecule has 0 saturated carbocycles. The summed E-state index contributed by atoms with van der Waals surface area (Å²) in [4.78, 5) is 13.3. The molecule has 0 bridgehead atoms. The molecule has 1 aliphatic heterocycles. The zero-order chi connectivity index (χ0) is 16.5. The van der Waals surface area contributed by atoms with Crippen LogP contribution in [-0.2, 0) is 10.0 Å². The summed E-state index contributed by atoms with van der Waals surface area (Å²) in [5, 5.41) is 18.9. The largest absolute Gasteiger partial charge is 0.478 e. The summed E-state index contributed by atoms with van der Waals surface area (Å²) in [5.74, 6) is -1.17. The van der Waals surface area contributed by atoms with E-state index in [-0.39, 0.29) is 16.6 Å². The number of rotatable bonds is 4. The number of aromatic carboxylic acids is 1. The Labute approximate surface area is 129 Å². The fourth-order valence-corrected chi connectivity index (χ4v) is 3.37. The molecule has 1 fully saturated rings. The first kappa shape index (κ1) is 16.7. The average molecular weight is 328 g/mol. The topological polar surface area (TPSA) is 98.2 Å². The number of nitrogens with zero attached hydrogens (tertiary/aromatic N) is 2. The Balaban J connectivity index is 2.43. The lowest BCUT2D eigenvalue weighted by molar-refractivity contribution is 0.0697. The van der Waals surface area contributed by atoms with E-state index in [1.165, 1.54) is 32.3 Å². The third kappa shape index (κ3) is 3.23. The third-order valence-electron chi connectivity index (χ3n) is 3.78. The van der Waals surface area contributed by atoms with Crippen LogP contribution in [0.4, 0.5) is 5.69 Å². The van der Waals surface area contributed by atoms with Crippen molar-refractivity contribution in [2.75, 3.05) is 32.1 Å². The molecule has 1 heterocycles. The first-order valence-electron chi connectivity index (χ1n) is 6.96. The molecule has 1 aromatic rings. The number of carboxylic acid groups (broad SMARTS) is 1. The van der Waals surface area contributed by atoms with Crippen LogP contribution in [-0.4, -0.2) is 62.2 Å². The molecule has 0 aromatic heterocycles. The summed E-state index contributed by atoms with van der Waals surface area (Å²) >= 11 is 0. The highest BCUT2D eigenvalue weighted by molar-refractivity contribution is 7.89. The molecule has 8 heteroatoms. The zero-order valence-corrected chi connectivity index (χ0v) is 13.4. The molecule has 0 amide bonds. The summed E-state index contributed by atoms with van der Waals surface area (Å²) in [5.41, 5.74) is 0.441. The van der Waals surface area contributed by atoms with E-state index in [1.54, 1.807) is 0 Å². The normalized spacial score (nSPS) is 17.0. The summed E-state index contributed by atoms with van der Waals surface area (Å²) in [6.45, 7) is 1.09. The highest BCUT2D eigenvalue weighted by atomic mass is 32.2. The van der Waals surface area contributed by atoms with Crippen LogP contribution in [0.2, 0.25) is 0 Å². The molecule has 1 aromatic carbocycles. The number of sulfonamides is 1. The van der Waals surface area contributed by atoms with Gasteiger partial charge in [-0.25, -0.2) is 17.5 Å². The molecular weight excluding hydrogens is 308 g/mol. The van der Waals surface area contributed by atoms with E-state index in [0.29, 0.717) is 31.6 Å². The van der Waals surface area contributed by atoms with Gasteiger partial charge in [0.25, 0.3) is 0 Å². The third-order valence-corrected chi connectivity index (χ3v) is 5.59. The van der Waals surface area contributed by atoms with Gasteiger partial charge in [-0.15, -0.1) is 0 Å². The van der Waals surface area contributed by atoms with E-state index in [9.17, 15) is 23.4 Å². The van der Waals surface area contributed by atoms with Crippen LogP contribution >= 0.6 is 0 Å². The number of carbonyl (C=O) groups is 1. The number of hydrogen-bond donors (Lipinski definition) is 2. The van der Waals surface area contributed by atoms with Gasteiger partial charge in [-0.3, -0.25) is 0 Å². The molecule has 2 N–H and O–H groups in total. The predicted octanol–water partition coefficient (Wildman–Crippen LogP) is 0.596. The van der Waals surface area contributed by atoms with Crippen molar-refractivity contribution in [3.63, 3.8) is 0 Å². The Bertz CT molecular complexity index is 664. The van der Waals surface area contributed by atoms with Crippen LogP contribution in [0.25, 0.3) is 0 Å². The number of anilines is 1. The van der Waals surface area contributed by atoms with Crippen molar-refractivity contribution >= 4 is 21.7 Å². The molecule has 0 unspecified atom stereocenters. The molecule has 0 spiro atoms. The molecule has 0 aliphatic carbocycles. The minimum Gasteiger partial charge on any atom is -0.478 e. The molecule has 122 valence electrons. The van der Waals surface area contributed by atoms with Gasteiger partial charge < -0.3 is 15.1 Å². The number of carboxylic acids is 1. The van der Waals surface area contributed by atoms with Gasteiger partial charge in [0.05, 0.1) is 22.3 Å². The van der Waals surface area contributed by atoms with Gasteiger partial charge in [-0.1, -0.05) is 0 Å². The number of hydrogen-bond acceptors (Lipinski definition) is 5. The number of aliphatic hydroxyl groups is 1. The van der Waals surface area contributed by atoms with Crippen molar-refractivity contribution < 1.29 is 23.4 Å². The lowest BCUT2D eigenvalue weighted by Gasteiger charge is -2.32. The van der Waals surface area contributed by atoms with E-state index in [2.05, 4.69) is 0 Å². The quantitative estimate of drug-likeness (QED) is 0.840. The Morgan fingerprint density at radius 3 is 2.36 bits per heavy atom. The molecule has 7 nitrogen and oxygen atoms in total. The van der Waals surface area contributed by atoms with Gasteiger partial charge >= 0.3 is 5.97 Å². The molecular formula is C14H20N2O5S. The fraction of sp³-hybridized carbons (Fsp3) is 0.500. The van der Waals surface area contributed by atoms with Crippen molar-refractivity contribution in [2.24, 2.45) is 0 Å². The van der Waals surface area contributed by atoms with Gasteiger partial charge in [-0.05, 0) is 31.0 Å². The van der Waals surface area contributed by atoms with E-state index < -0.39 is 16.0 Å². The van der Waals surface area contributed by atoms with Gasteiger partial charge in [0.1, 0.15) is 0 Å². The van der Waals surface area contributed by atoms with Crippen molar-refractivity contribution in [3.8, 4) is 0 Å². The Kier molecular flexibility index (Phi) is 4.74. The van der Waals surface area contributed by atoms with Crippen molar-refractivity contribution in [2.45, 2.75) is 23.8 Å². The first-order valence-corrected chi connectivity index (χ1v) is 8.40. The van der Waals surface area contributed by atoms with Crippen LogP contribution in [0.5, 0.6) is 0 Å². The number of aliphatic hydroxyl groups excluding tert-OH is 1. The Hall–Kier alpha value is -1.64. The van der Waals surface area contributed by atoms with Gasteiger partial charge in [0.2, 0.25) is 10.0 Å². The second-order valence-electron chi connectivity index (χ2n) is 5.49. The van der Waals surface area contributed by atoms with Crippen LogP contribution in [0, 0.1) is 0 Å². The van der Waals surface area contributed by atoms with Crippen molar-refractivity contribution in [1.29, 1.82) is 0 Å². The maximum Gasteiger partial charge on any atom is 0.337 e. The summed E-state index contributed by atoms with van der Waals surface area (Å²) in [7, 11) is -0.881. The van der Waals surface area contributed by atoms with Gasteiger partial charge in [0, 0.05) is 27.2 Å². The van der Waals surface area contributed by atoms with Gasteiger partial charge in [-0.2, -0.15) is 0 Å². The maximum absolute atomic E-state index is 12.1. The van der Waals surface area contributed by atoms with Gasteiger partial charge in [0.15, 0.2) is 0 Å². The Morgan fingerprint density at radius 1 is 1.27 bits per heavy atom. The molecule has 22 heavy (non-hydrogen) atoms. The summed E-state index contributed by atoms with van der Waals surface area (Å²) in [6, 6.07) is 4.14. The summed E-state index contributed by atoms with van der Waals surface area (Å²) in [6.07, 6.45) is 0.770. The van der Waals surface area contributed by atoms with Crippen LogP contribution in [0.15, 0.2) is 23.1 Å². The maximum atomic E-state index is 12.1. The van der Waals surface area contributed by atoms with Crippen LogP contribution < -0.4 is 4.90 Å². The number of benzene rings is 1. The van der Waals surface area contributed by atoms with E-state index >= 15 is 0 Å². The lowest BCUT2D eigenvalue weighted by atomic mass is 10.1. The minimum atomic E-state index is -3.68. The highest BCUT2D eigenvalue weighted by Crippen LogP contribution is 2.27. The number of piperidine rings is 1. The summed E-state index contributed by atoms with van der Waals surface area (Å²) < 4.78 is 25.3. The van der Waals surface area contributed by atoms with E-state index in [4.69, 9.17) is 0 Å². The smallest absolute Gasteiger partial charge is 0.337 e. The lowest BCUT2D eigenvalue weighted by Crippen LogP contribution is -2.36. The monoisotopic (exact) mass is 328 g/mol. The van der Waals surface area contributed by atoms with Crippen LogP contribution in [0.1, 0.15) is 23.2 Å². The molecule has 1 saturated heterocycles. The standard InChI is InChI=1S/C14H20N2O5S/c1-15(2)22(20,21)11-3-4-13(12(9-11)14(18)19)16-7-5-10(17)6-8-16/h3-4,9-10,17H,5-8H2,1-2H3,(H,18,19). The first-order chi connectivity index (χ1) is 10.2. The SMILES string of the molecule is CN(C)S(=O)(=O)c1ccc(N2CCC(O)CC2)c(C(=O)O)c1. The molecule has 0 atom stereocenters. The molecule has 0 radical (unpaired) electrons. The second kappa shape index (κ2) is 6.23. The van der Waals surface area contributed by atoms with Crippen LogP contribution in [0.3, 0.4) is 0 Å². The highest BCUT2D eigenvalue weighted by Gasteiger charge is 2.25. The fourth-order valence-electron chi connectivity index (χ4n) is 2.44. The van der Waals surface area contributed by atoms with E-state index in [1.807, 2.05) is 4.90 Å². The Morgan fingerprint density at radius 2 is 1.86 bits per heavy atom. The van der Waals surface area contributed by atoms with Crippen molar-refractivity contribution in [1.82, 2.24) is 4.31 Å². The predicted molar refractivity (Wildman–Crippen MR) is 81.7 cm³/mol.